The topological polar surface area (TPSA) is 61.7 Å². The van der Waals surface area contributed by atoms with Gasteiger partial charge in [0.15, 0.2) is 0 Å². The molecule has 1 fully saturated rings. The Kier molecular flexibility index (Phi) is 3.86. The van der Waals surface area contributed by atoms with E-state index in [4.69, 9.17) is 4.84 Å². The van der Waals surface area contributed by atoms with E-state index in [1.165, 1.54) is 25.0 Å². The van der Waals surface area contributed by atoms with Gasteiger partial charge in [0.25, 0.3) is 0 Å². The molecular weight excluding hydrogens is 218 g/mol. The average Bonchev–Trinajstić information content (AvgIpc) is 2.82. The Labute approximate surface area is 101 Å². The number of hydroxylamine groups is 1. The molecule has 0 radical (unpaired) electrons. The first-order valence-corrected chi connectivity index (χ1v) is 6.10. The quantitative estimate of drug-likeness (QED) is 0.556. The first kappa shape index (κ1) is 12.2. The third-order valence-corrected chi connectivity index (χ3v) is 3.19. The zero-order chi connectivity index (χ0) is 12.3. The van der Waals surface area contributed by atoms with Crippen molar-refractivity contribution in [2.24, 2.45) is 0 Å². The van der Waals surface area contributed by atoms with Crippen molar-refractivity contribution in [1.82, 2.24) is 5.48 Å². The van der Waals surface area contributed by atoms with Crippen LogP contribution in [0.3, 0.4) is 0 Å². The van der Waals surface area contributed by atoms with Crippen molar-refractivity contribution in [3.05, 3.63) is 23.8 Å². The second kappa shape index (κ2) is 5.38. The molecule has 1 aromatic rings. The van der Waals surface area contributed by atoms with Crippen molar-refractivity contribution < 1.29 is 15.1 Å². The van der Waals surface area contributed by atoms with Crippen LogP contribution in [0.1, 0.15) is 44.2 Å². The van der Waals surface area contributed by atoms with Crippen LogP contribution in [-0.2, 0) is 4.84 Å². The first-order chi connectivity index (χ1) is 8.16. The molecule has 1 aliphatic rings. The smallest absolute Gasteiger partial charge is 0.120 e. The minimum Gasteiger partial charge on any atom is -0.508 e. The normalized spacial score (nSPS) is 18.4. The summed E-state index contributed by atoms with van der Waals surface area (Å²) in [6.45, 7) is 1.89. The van der Waals surface area contributed by atoms with Gasteiger partial charge in [0, 0.05) is 5.56 Å². The molecule has 0 heterocycles. The summed E-state index contributed by atoms with van der Waals surface area (Å²) in [6, 6.07) is 4.34. The van der Waals surface area contributed by atoms with Gasteiger partial charge in [-0.3, -0.25) is 4.84 Å². The van der Waals surface area contributed by atoms with E-state index >= 15 is 0 Å². The third-order valence-electron chi connectivity index (χ3n) is 3.19. The minimum atomic E-state index is -0.150. The second-order valence-electron chi connectivity index (χ2n) is 4.61. The van der Waals surface area contributed by atoms with E-state index in [9.17, 15) is 10.2 Å². The average molecular weight is 237 g/mol. The fourth-order valence-electron chi connectivity index (χ4n) is 2.16. The fraction of sp³-hybridized carbons (Fsp3) is 0.538. The molecule has 1 saturated carbocycles. The highest BCUT2D eigenvalue weighted by molar-refractivity contribution is 5.40. The molecule has 0 amide bonds. The molecule has 0 bridgehead atoms. The zero-order valence-electron chi connectivity index (χ0n) is 10.0. The van der Waals surface area contributed by atoms with E-state index < -0.39 is 0 Å². The van der Waals surface area contributed by atoms with Gasteiger partial charge < -0.3 is 10.2 Å². The number of aromatic hydroxyl groups is 2. The molecule has 2 rings (SSSR count). The highest BCUT2D eigenvalue weighted by Crippen LogP contribution is 2.28. The van der Waals surface area contributed by atoms with Gasteiger partial charge in [-0.25, -0.2) is 0 Å². The van der Waals surface area contributed by atoms with Crippen molar-refractivity contribution in [1.29, 1.82) is 0 Å². The Morgan fingerprint density at radius 1 is 1.29 bits per heavy atom. The van der Waals surface area contributed by atoms with Gasteiger partial charge in [-0.05, 0) is 38.0 Å². The van der Waals surface area contributed by atoms with Crippen LogP contribution < -0.4 is 5.48 Å². The molecule has 0 saturated heterocycles. The van der Waals surface area contributed by atoms with E-state index in [1.54, 1.807) is 6.07 Å². The van der Waals surface area contributed by atoms with Crippen molar-refractivity contribution in [2.75, 3.05) is 0 Å². The van der Waals surface area contributed by atoms with E-state index in [0.717, 1.165) is 12.8 Å². The summed E-state index contributed by atoms with van der Waals surface area (Å²) in [5.74, 6) is 0.310. The van der Waals surface area contributed by atoms with Gasteiger partial charge in [-0.15, -0.1) is 0 Å². The van der Waals surface area contributed by atoms with E-state index in [2.05, 4.69) is 5.48 Å². The number of phenolic OH excluding ortho intramolecular Hbond substituents is 2. The number of nitrogens with one attached hydrogen (secondary N) is 1. The summed E-state index contributed by atoms with van der Waals surface area (Å²) in [6.07, 6.45) is 4.89. The Hall–Kier alpha value is -1.26. The summed E-state index contributed by atoms with van der Waals surface area (Å²) in [5.41, 5.74) is 3.58. The Morgan fingerprint density at radius 2 is 2.00 bits per heavy atom. The number of rotatable bonds is 4. The van der Waals surface area contributed by atoms with Crippen LogP contribution in [0, 0.1) is 0 Å². The largest absolute Gasteiger partial charge is 0.508 e. The maximum Gasteiger partial charge on any atom is 0.120 e. The van der Waals surface area contributed by atoms with Gasteiger partial charge in [-0.1, -0.05) is 12.8 Å². The van der Waals surface area contributed by atoms with Crippen LogP contribution in [-0.4, -0.2) is 16.3 Å². The number of benzene rings is 1. The molecule has 4 heteroatoms. The summed E-state index contributed by atoms with van der Waals surface area (Å²) in [5, 5.41) is 19.1. The van der Waals surface area contributed by atoms with E-state index in [-0.39, 0.29) is 23.6 Å². The molecule has 1 atom stereocenters. The molecule has 17 heavy (non-hydrogen) atoms. The molecule has 0 aromatic heterocycles. The van der Waals surface area contributed by atoms with E-state index in [0.29, 0.717) is 5.56 Å². The third kappa shape index (κ3) is 3.11. The SMILES string of the molecule is CC(NOC1CCCC1)c1cc(O)ccc1O. The fourth-order valence-corrected chi connectivity index (χ4v) is 2.16. The molecular formula is C13H19NO3. The first-order valence-electron chi connectivity index (χ1n) is 6.10. The van der Waals surface area contributed by atoms with Crippen molar-refractivity contribution in [3.63, 3.8) is 0 Å². The van der Waals surface area contributed by atoms with Crippen LogP contribution >= 0.6 is 0 Å². The van der Waals surface area contributed by atoms with Crippen LogP contribution in [0.15, 0.2) is 18.2 Å². The summed E-state index contributed by atoms with van der Waals surface area (Å²) in [4.78, 5) is 5.57. The molecule has 94 valence electrons. The Morgan fingerprint density at radius 3 is 2.71 bits per heavy atom. The van der Waals surface area contributed by atoms with Gasteiger partial charge in [0.1, 0.15) is 11.5 Å². The molecule has 1 aromatic carbocycles. The summed E-state index contributed by atoms with van der Waals surface area (Å²) >= 11 is 0. The van der Waals surface area contributed by atoms with Crippen molar-refractivity contribution in [2.45, 2.75) is 44.8 Å². The lowest BCUT2D eigenvalue weighted by molar-refractivity contribution is -0.0380. The second-order valence-corrected chi connectivity index (χ2v) is 4.61. The van der Waals surface area contributed by atoms with E-state index in [1.807, 2.05) is 6.92 Å². The molecule has 0 spiro atoms. The lowest BCUT2D eigenvalue weighted by Gasteiger charge is -2.18. The molecule has 0 aliphatic heterocycles. The van der Waals surface area contributed by atoms with Crippen LogP contribution in [0.5, 0.6) is 11.5 Å². The molecule has 3 N–H and O–H groups in total. The Bertz CT molecular complexity index is 375. The summed E-state index contributed by atoms with van der Waals surface area (Å²) < 4.78 is 0. The van der Waals surface area contributed by atoms with Crippen molar-refractivity contribution >= 4 is 0 Å². The predicted molar refractivity (Wildman–Crippen MR) is 64.7 cm³/mol. The van der Waals surface area contributed by atoms with Gasteiger partial charge in [-0.2, -0.15) is 5.48 Å². The predicted octanol–water partition coefficient (Wildman–Crippen LogP) is 2.62. The summed E-state index contributed by atoms with van der Waals surface area (Å²) in [7, 11) is 0. The van der Waals surface area contributed by atoms with Gasteiger partial charge in [0.05, 0.1) is 12.1 Å². The minimum absolute atomic E-state index is 0.146. The number of hydrogen-bond acceptors (Lipinski definition) is 4. The van der Waals surface area contributed by atoms with Gasteiger partial charge in [0.2, 0.25) is 0 Å². The number of hydrogen-bond donors (Lipinski definition) is 3. The van der Waals surface area contributed by atoms with Crippen molar-refractivity contribution in [3.8, 4) is 11.5 Å². The molecule has 4 nitrogen and oxygen atoms in total. The monoisotopic (exact) mass is 237 g/mol. The number of phenols is 2. The van der Waals surface area contributed by atoms with Crippen LogP contribution in [0.2, 0.25) is 0 Å². The lowest BCUT2D eigenvalue weighted by atomic mass is 10.1. The van der Waals surface area contributed by atoms with Crippen LogP contribution in [0.4, 0.5) is 0 Å². The lowest BCUT2D eigenvalue weighted by Crippen LogP contribution is -2.24. The zero-order valence-corrected chi connectivity index (χ0v) is 10.0. The van der Waals surface area contributed by atoms with Crippen LogP contribution in [0.25, 0.3) is 0 Å². The standard InChI is InChI=1S/C13H19NO3/c1-9(14-17-11-4-2-3-5-11)12-8-10(15)6-7-13(12)16/h6-9,11,14-16H,2-5H2,1H3. The molecule has 1 unspecified atom stereocenters. The Balaban J connectivity index is 1.93. The molecule has 1 aliphatic carbocycles. The maximum absolute atomic E-state index is 9.69. The van der Waals surface area contributed by atoms with Gasteiger partial charge >= 0.3 is 0 Å². The highest BCUT2D eigenvalue weighted by Gasteiger charge is 2.18. The highest BCUT2D eigenvalue weighted by atomic mass is 16.7. The maximum atomic E-state index is 9.69.